The van der Waals surface area contributed by atoms with Crippen LogP contribution in [0.4, 0.5) is 14.9 Å². The summed E-state index contributed by atoms with van der Waals surface area (Å²) in [6.07, 6.45) is -1.42. The minimum Gasteiger partial charge on any atom is -0.481 e. The number of ether oxygens (including phenoxy) is 1. The van der Waals surface area contributed by atoms with Crippen LogP contribution in [-0.2, 0) is 14.3 Å². The van der Waals surface area contributed by atoms with Gasteiger partial charge in [0, 0.05) is 23.0 Å². The number of rotatable bonds is 8. The van der Waals surface area contributed by atoms with Crippen LogP contribution in [0.2, 0.25) is 5.02 Å². The van der Waals surface area contributed by atoms with Gasteiger partial charge in [0.1, 0.15) is 18.5 Å². The lowest BCUT2D eigenvalue weighted by atomic mass is 9.98. The van der Waals surface area contributed by atoms with Crippen LogP contribution < -0.4 is 10.6 Å². The fourth-order valence-corrected chi connectivity index (χ4v) is 4.40. The number of nitrogens with one attached hydrogen (secondary N) is 2. The summed E-state index contributed by atoms with van der Waals surface area (Å²) in [7, 11) is 0. The first kappa shape index (κ1) is 24.2. The maximum atomic E-state index is 13.6. The van der Waals surface area contributed by atoms with Gasteiger partial charge in [-0.25, -0.2) is 9.18 Å². The number of amides is 2. The highest BCUT2D eigenvalue weighted by atomic mass is 35.5. The van der Waals surface area contributed by atoms with Crippen molar-refractivity contribution < 1.29 is 28.6 Å². The van der Waals surface area contributed by atoms with Crippen LogP contribution in [0.5, 0.6) is 0 Å². The standard InChI is InChI=1S/C26H22ClFN2O5/c27-15-11-16(28)13-17(12-15)29-25(33)23(9-10-24(31)32)30-26(34)35-14-22-20-7-3-1-5-18(20)19-6-2-4-8-21(19)22/h1-8,11-13,22-23H,9-10,14H2,(H,29,33)(H,30,34)(H,31,32). The highest BCUT2D eigenvalue weighted by Gasteiger charge is 2.30. The van der Waals surface area contributed by atoms with Crippen LogP contribution >= 0.6 is 11.6 Å². The molecule has 2 amide bonds. The summed E-state index contributed by atoms with van der Waals surface area (Å²) in [6.45, 7) is 0.0344. The average molecular weight is 497 g/mol. The SMILES string of the molecule is O=C(O)CCC(NC(=O)OCC1c2ccccc2-c2ccccc21)C(=O)Nc1cc(F)cc(Cl)c1. The Morgan fingerprint density at radius 1 is 1.00 bits per heavy atom. The van der Waals surface area contributed by atoms with E-state index in [1.165, 1.54) is 6.07 Å². The second-order valence-corrected chi connectivity index (χ2v) is 8.54. The Kier molecular flexibility index (Phi) is 7.31. The van der Waals surface area contributed by atoms with Gasteiger partial charge in [0.15, 0.2) is 0 Å². The Bertz CT molecular complexity index is 1220. The molecule has 0 heterocycles. The number of carboxylic acid groups (broad SMARTS) is 1. The lowest BCUT2D eigenvalue weighted by Gasteiger charge is -2.19. The Balaban J connectivity index is 1.43. The first-order valence-electron chi connectivity index (χ1n) is 10.9. The van der Waals surface area contributed by atoms with Gasteiger partial charge in [0.2, 0.25) is 5.91 Å². The Hall–Kier alpha value is -3.91. The summed E-state index contributed by atoms with van der Waals surface area (Å²) in [5.74, 6) is -2.68. The summed E-state index contributed by atoms with van der Waals surface area (Å²) < 4.78 is 19.1. The van der Waals surface area contributed by atoms with Crippen molar-refractivity contribution in [3.8, 4) is 11.1 Å². The van der Waals surface area contributed by atoms with Crippen LogP contribution in [0, 0.1) is 5.82 Å². The number of hydrogen-bond acceptors (Lipinski definition) is 4. The zero-order chi connectivity index (χ0) is 24.9. The van der Waals surface area contributed by atoms with E-state index in [4.69, 9.17) is 21.4 Å². The van der Waals surface area contributed by atoms with E-state index in [1.807, 2.05) is 48.5 Å². The van der Waals surface area contributed by atoms with Crippen molar-refractivity contribution in [2.75, 3.05) is 11.9 Å². The number of carboxylic acids is 1. The zero-order valence-electron chi connectivity index (χ0n) is 18.5. The lowest BCUT2D eigenvalue weighted by Crippen LogP contribution is -2.44. The van der Waals surface area contributed by atoms with Gasteiger partial charge in [-0.3, -0.25) is 9.59 Å². The van der Waals surface area contributed by atoms with E-state index in [2.05, 4.69) is 10.6 Å². The number of aliphatic carboxylic acids is 1. The Labute approximate surface area is 205 Å². The van der Waals surface area contributed by atoms with Gasteiger partial charge in [-0.2, -0.15) is 0 Å². The van der Waals surface area contributed by atoms with Crippen LogP contribution in [0.3, 0.4) is 0 Å². The molecule has 0 aromatic heterocycles. The van der Waals surface area contributed by atoms with Gasteiger partial charge in [-0.05, 0) is 46.9 Å². The molecule has 3 N–H and O–H groups in total. The van der Waals surface area contributed by atoms with E-state index in [0.717, 1.165) is 34.4 Å². The molecular formula is C26H22ClFN2O5. The van der Waals surface area contributed by atoms with Crippen molar-refractivity contribution in [1.29, 1.82) is 0 Å². The predicted molar refractivity (Wildman–Crippen MR) is 129 cm³/mol. The summed E-state index contributed by atoms with van der Waals surface area (Å²) in [5, 5.41) is 14.0. The summed E-state index contributed by atoms with van der Waals surface area (Å²) in [6, 6.07) is 18.0. The number of hydrogen-bond donors (Lipinski definition) is 3. The van der Waals surface area contributed by atoms with Gasteiger partial charge in [0.25, 0.3) is 0 Å². The van der Waals surface area contributed by atoms with Crippen molar-refractivity contribution in [3.05, 3.63) is 88.7 Å². The number of anilines is 1. The quantitative estimate of drug-likeness (QED) is 0.398. The monoisotopic (exact) mass is 496 g/mol. The number of benzene rings is 3. The van der Waals surface area contributed by atoms with Gasteiger partial charge >= 0.3 is 12.1 Å². The van der Waals surface area contributed by atoms with Gasteiger partial charge in [0.05, 0.1) is 0 Å². The maximum Gasteiger partial charge on any atom is 0.407 e. The third-order valence-corrected chi connectivity index (χ3v) is 5.95. The van der Waals surface area contributed by atoms with E-state index < -0.39 is 29.8 Å². The normalized spacial score (nSPS) is 12.9. The number of carbonyl (C=O) groups is 3. The molecular weight excluding hydrogens is 475 g/mol. The summed E-state index contributed by atoms with van der Waals surface area (Å²) in [4.78, 5) is 36.4. The molecule has 0 spiro atoms. The summed E-state index contributed by atoms with van der Waals surface area (Å²) in [5.41, 5.74) is 4.29. The van der Waals surface area contributed by atoms with Crippen molar-refractivity contribution >= 4 is 35.3 Å². The fraction of sp³-hybridized carbons (Fsp3) is 0.192. The molecule has 0 aliphatic heterocycles. The number of carbonyl (C=O) groups excluding carboxylic acids is 2. The van der Waals surface area contributed by atoms with E-state index in [1.54, 1.807) is 0 Å². The third-order valence-electron chi connectivity index (χ3n) is 5.73. The molecule has 1 aliphatic rings. The molecule has 4 rings (SSSR count). The van der Waals surface area contributed by atoms with E-state index >= 15 is 0 Å². The molecule has 7 nitrogen and oxygen atoms in total. The highest BCUT2D eigenvalue weighted by molar-refractivity contribution is 6.30. The van der Waals surface area contributed by atoms with Crippen molar-refractivity contribution in [3.63, 3.8) is 0 Å². The largest absolute Gasteiger partial charge is 0.481 e. The second-order valence-electron chi connectivity index (χ2n) is 8.10. The van der Waals surface area contributed by atoms with Gasteiger partial charge < -0.3 is 20.5 Å². The van der Waals surface area contributed by atoms with Crippen molar-refractivity contribution in [1.82, 2.24) is 5.32 Å². The van der Waals surface area contributed by atoms with E-state index in [-0.39, 0.29) is 36.1 Å². The van der Waals surface area contributed by atoms with Crippen molar-refractivity contribution in [2.24, 2.45) is 0 Å². The first-order valence-corrected chi connectivity index (χ1v) is 11.3. The van der Waals surface area contributed by atoms with Crippen molar-refractivity contribution in [2.45, 2.75) is 24.8 Å². The Morgan fingerprint density at radius 2 is 1.63 bits per heavy atom. The summed E-state index contributed by atoms with van der Waals surface area (Å²) >= 11 is 5.82. The molecule has 1 aliphatic carbocycles. The Morgan fingerprint density at radius 3 is 2.23 bits per heavy atom. The minimum atomic E-state index is -1.22. The molecule has 0 radical (unpaired) electrons. The number of halogens is 2. The molecule has 3 aromatic carbocycles. The zero-order valence-corrected chi connectivity index (χ0v) is 19.2. The highest BCUT2D eigenvalue weighted by Crippen LogP contribution is 2.44. The third kappa shape index (κ3) is 5.78. The number of alkyl carbamates (subject to hydrolysis) is 1. The molecule has 180 valence electrons. The van der Waals surface area contributed by atoms with Crippen LogP contribution in [0.15, 0.2) is 66.7 Å². The molecule has 0 fully saturated rings. The van der Waals surface area contributed by atoms with Crippen LogP contribution in [-0.4, -0.2) is 35.7 Å². The first-order chi connectivity index (χ1) is 16.8. The van der Waals surface area contributed by atoms with Gasteiger partial charge in [-0.1, -0.05) is 60.1 Å². The maximum absolute atomic E-state index is 13.6. The predicted octanol–water partition coefficient (Wildman–Crippen LogP) is 5.19. The lowest BCUT2D eigenvalue weighted by molar-refractivity contribution is -0.137. The molecule has 0 saturated heterocycles. The van der Waals surface area contributed by atoms with Crippen LogP contribution in [0.1, 0.15) is 29.9 Å². The van der Waals surface area contributed by atoms with Gasteiger partial charge in [-0.15, -0.1) is 0 Å². The van der Waals surface area contributed by atoms with E-state index in [9.17, 15) is 18.8 Å². The minimum absolute atomic E-state index is 0.0344. The molecule has 3 aromatic rings. The molecule has 1 atom stereocenters. The van der Waals surface area contributed by atoms with E-state index in [0.29, 0.717) is 0 Å². The second kappa shape index (κ2) is 10.6. The average Bonchev–Trinajstić information content (AvgIpc) is 3.13. The topological polar surface area (TPSA) is 105 Å². The molecule has 35 heavy (non-hydrogen) atoms. The molecule has 0 saturated carbocycles. The molecule has 0 bridgehead atoms. The number of fused-ring (bicyclic) bond motifs is 3. The molecule has 1 unspecified atom stereocenters. The fourth-order valence-electron chi connectivity index (χ4n) is 4.17. The molecule has 9 heteroatoms. The smallest absolute Gasteiger partial charge is 0.407 e. The van der Waals surface area contributed by atoms with Crippen LogP contribution in [0.25, 0.3) is 11.1 Å².